The maximum Gasteiger partial charge on any atom is 0.238 e. The number of hydrogen-bond acceptors (Lipinski definition) is 3. The highest BCUT2D eigenvalue weighted by Crippen LogP contribution is 2.28. The van der Waals surface area contributed by atoms with Crippen molar-refractivity contribution in [1.29, 1.82) is 0 Å². The summed E-state index contributed by atoms with van der Waals surface area (Å²) < 4.78 is 23.1. The molecule has 1 amide bonds. The molecule has 1 aromatic rings. The Labute approximate surface area is 115 Å². The van der Waals surface area contributed by atoms with Crippen LogP contribution in [0.3, 0.4) is 0 Å². The van der Waals surface area contributed by atoms with E-state index in [1.807, 2.05) is 0 Å². The minimum absolute atomic E-state index is 0.0388. The van der Waals surface area contributed by atoms with Gasteiger partial charge in [0, 0.05) is 10.4 Å². The van der Waals surface area contributed by atoms with Gasteiger partial charge in [-0.15, -0.1) is 0 Å². The Kier molecular flexibility index (Phi) is 4.52. The first-order valence-electron chi connectivity index (χ1n) is 5.26. The van der Waals surface area contributed by atoms with Crippen molar-refractivity contribution in [3.8, 4) is 0 Å². The predicted molar refractivity (Wildman–Crippen MR) is 73.7 cm³/mol. The monoisotopic (exact) mass is 334 g/mol. The number of halogens is 1. The van der Waals surface area contributed by atoms with Crippen LogP contribution in [0, 0.1) is 12.8 Å². The van der Waals surface area contributed by atoms with Crippen LogP contribution in [0.4, 0.5) is 5.69 Å². The SMILES string of the molecule is Cc1cc(NC(=O)C(C)C)c(Br)cc1S(N)(=O)=O. The Morgan fingerprint density at radius 3 is 2.39 bits per heavy atom. The van der Waals surface area contributed by atoms with Gasteiger partial charge < -0.3 is 5.32 Å². The van der Waals surface area contributed by atoms with Gasteiger partial charge >= 0.3 is 0 Å². The number of nitrogens with two attached hydrogens (primary N) is 1. The molecule has 100 valence electrons. The molecule has 0 radical (unpaired) electrons. The van der Waals surface area contributed by atoms with E-state index in [1.54, 1.807) is 26.8 Å². The van der Waals surface area contributed by atoms with Gasteiger partial charge in [-0.1, -0.05) is 13.8 Å². The molecule has 0 saturated heterocycles. The molecule has 0 spiro atoms. The number of benzene rings is 1. The van der Waals surface area contributed by atoms with E-state index in [-0.39, 0.29) is 16.7 Å². The number of nitrogens with one attached hydrogen (secondary N) is 1. The van der Waals surface area contributed by atoms with Gasteiger partial charge in [0.2, 0.25) is 15.9 Å². The quantitative estimate of drug-likeness (QED) is 0.885. The molecular weight excluding hydrogens is 320 g/mol. The van der Waals surface area contributed by atoms with Gasteiger partial charge in [0.1, 0.15) is 0 Å². The van der Waals surface area contributed by atoms with E-state index < -0.39 is 10.0 Å². The number of primary sulfonamides is 1. The predicted octanol–water partition coefficient (Wildman–Crippen LogP) is 2.00. The second-order valence-corrected chi connectivity index (χ2v) is 6.67. The van der Waals surface area contributed by atoms with Gasteiger partial charge in [-0.25, -0.2) is 13.6 Å². The first kappa shape index (κ1) is 15.1. The summed E-state index contributed by atoms with van der Waals surface area (Å²) in [6.45, 7) is 5.17. The van der Waals surface area contributed by atoms with Crippen LogP contribution in [0.1, 0.15) is 19.4 Å². The lowest BCUT2D eigenvalue weighted by Gasteiger charge is -2.12. The Bertz CT molecular complexity index is 582. The lowest BCUT2D eigenvalue weighted by Crippen LogP contribution is -2.19. The first-order chi connectivity index (χ1) is 8.12. The van der Waals surface area contributed by atoms with Gasteiger partial charge in [-0.3, -0.25) is 4.79 Å². The highest BCUT2D eigenvalue weighted by molar-refractivity contribution is 9.10. The number of rotatable bonds is 3. The topological polar surface area (TPSA) is 89.3 Å². The van der Waals surface area contributed by atoms with Crippen molar-refractivity contribution >= 4 is 37.5 Å². The maximum atomic E-state index is 11.6. The third-order valence-corrected chi connectivity index (χ3v) is 4.06. The Hall–Kier alpha value is -0.920. The lowest BCUT2D eigenvalue weighted by molar-refractivity contribution is -0.118. The number of sulfonamides is 1. The van der Waals surface area contributed by atoms with E-state index in [9.17, 15) is 13.2 Å². The van der Waals surface area contributed by atoms with E-state index in [4.69, 9.17) is 5.14 Å². The highest BCUT2D eigenvalue weighted by atomic mass is 79.9. The normalized spacial score (nSPS) is 11.7. The summed E-state index contributed by atoms with van der Waals surface area (Å²) in [7, 11) is -3.76. The molecule has 3 N–H and O–H groups in total. The molecule has 0 aliphatic carbocycles. The molecule has 0 unspecified atom stereocenters. The molecule has 0 aromatic heterocycles. The lowest BCUT2D eigenvalue weighted by atomic mass is 10.2. The van der Waals surface area contributed by atoms with E-state index in [1.165, 1.54) is 6.07 Å². The van der Waals surface area contributed by atoms with Crippen LogP contribution in [0.15, 0.2) is 21.5 Å². The zero-order chi connectivity index (χ0) is 14.1. The molecule has 0 heterocycles. The molecule has 1 aromatic carbocycles. The molecule has 0 aliphatic rings. The maximum absolute atomic E-state index is 11.6. The molecule has 18 heavy (non-hydrogen) atoms. The minimum atomic E-state index is -3.76. The Balaban J connectivity index is 3.20. The van der Waals surface area contributed by atoms with Gasteiger partial charge in [0.05, 0.1) is 10.6 Å². The van der Waals surface area contributed by atoms with Crippen LogP contribution in [0.5, 0.6) is 0 Å². The number of carbonyl (C=O) groups is 1. The summed E-state index contributed by atoms with van der Waals surface area (Å²) in [5, 5.41) is 7.80. The second-order valence-electron chi connectivity index (χ2n) is 4.29. The second kappa shape index (κ2) is 5.38. The van der Waals surface area contributed by atoms with Crippen molar-refractivity contribution < 1.29 is 13.2 Å². The van der Waals surface area contributed by atoms with Crippen LogP contribution >= 0.6 is 15.9 Å². The molecule has 7 heteroatoms. The first-order valence-corrected chi connectivity index (χ1v) is 7.60. The molecule has 0 bridgehead atoms. The minimum Gasteiger partial charge on any atom is -0.325 e. The average Bonchev–Trinajstić information content (AvgIpc) is 2.20. The van der Waals surface area contributed by atoms with Crippen LogP contribution in [0.2, 0.25) is 0 Å². The number of amides is 1. The van der Waals surface area contributed by atoms with Crippen LogP contribution in [-0.2, 0) is 14.8 Å². The third-order valence-electron chi connectivity index (χ3n) is 2.35. The third kappa shape index (κ3) is 3.54. The van der Waals surface area contributed by atoms with Crippen molar-refractivity contribution in [1.82, 2.24) is 0 Å². The van der Waals surface area contributed by atoms with Crippen molar-refractivity contribution in [2.24, 2.45) is 11.1 Å². The largest absolute Gasteiger partial charge is 0.325 e. The van der Waals surface area contributed by atoms with Crippen LogP contribution < -0.4 is 10.5 Å². The molecule has 0 saturated carbocycles. The number of anilines is 1. The summed E-state index contributed by atoms with van der Waals surface area (Å²) in [6, 6.07) is 2.96. The summed E-state index contributed by atoms with van der Waals surface area (Å²) in [5.41, 5.74) is 1.01. The van der Waals surface area contributed by atoms with Gasteiger partial charge in [-0.05, 0) is 40.5 Å². The summed E-state index contributed by atoms with van der Waals surface area (Å²) in [6.07, 6.45) is 0. The zero-order valence-electron chi connectivity index (χ0n) is 10.3. The highest BCUT2D eigenvalue weighted by Gasteiger charge is 2.16. The smallest absolute Gasteiger partial charge is 0.238 e. The van der Waals surface area contributed by atoms with Gasteiger partial charge in [-0.2, -0.15) is 0 Å². The van der Waals surface area contributed by atoms with Crippen LogP contribution in [-0.4, -0.2) is 14.3 Å². The molecule has 5 nitrogen and oxygen atoms in total. The van der Waals surface area contributed by atoms with Crippen molar-refractivity contribution in [3.63, 3.8) is 0 Å². The summed E-state index contributed by atoms with van der Waals surface area (Å²) in [5.74, 6) is -0.298. The Morgan fingerprint density at radius 1 is 1.39 bits per heavy atom. The van der Waals surface area contributed by atoms with Gasteiger partial charge in [0.25, 0.3) is 0 Å². The van der Waals surface area contributed by atoms with Crippen molar-refractivity contribution in [3.05, 3.63) is 22.2 Å². The Morgan fingerprint density at radius 2 is 1.94 bits per heavy atom. The summed E-state index contributed by atoms with van der Waals surface area (Å²) >= 11 is 3.22. The van der Waals surface area contributed by atoms with Crippen LogP contribution in [0.25, 0.3) is 0 Å². The molecule has 0 fully saturated rings. The van der Waals surface area contributed by atoms with E-state index in [2.05, 4.69) is 21.2 Å². The zero-order valence-corrected chi connectivity index (χ0v) is 12.7. The fraction of sp³-hybridized carbons (Fsp3) is 0.364. The number of aryl methyl sites for hydroxylation is 1. The fourth-order valence-corrected chi connectivity index (χ4v) is 2.73. The molecule has 0 atom stereocenters. The summed E-state index contributed by atoms with van der Waals surface area (Å²) in [4.78, 5) is 11.6. The van der Waals surface area contributed by atoms with E-state index >= 15 is 0 Å². The molecule has 1 rings (SSSR count). The van der Waals surface area contributed by atoms with Crippen molar-refractivity contribution in [2.45, 2.75) is 25.7 Å². The fourth-order valence-electron chi connectivity index (χ4n) is 1.34. The number of carbonyl (C=O) groups excluding carboxylic acids is 1. The average molecular weight is 335 g/mol. The standard InChI is InChI=1S/C11H15BrN2O3S/c1-6(2)11(15)14-9-4-7(3)10(5-8(9)12)18(13,16)17/h4-6H,1-3H3,(H,14,15)(H2,13,16,17). The van der Waals surface area contributed by atoms with E-state index in [0.29, 0.717) is 15.7 Å². The molecule has 0 aliphatic heterocycles. The van der Waals surface area contributed by atoms with E-state index in [0.717, 1.165) is 0 Å². The van der Waals surface area contributed by atoms with Gasteiger partial charge in [0.15, 0.2) is 0 Å². The molecular formula is C11H15BrN2O3S. The van der Waals surface area contributed by atoms with Crippen molar-refractivity contribution in [2.75, 3.05) is 5.32 Å². The number of hydrogen-bond donors (Lipinski definition) is 2.